The zero-order valence-corrected chi connectivity index (χ0v) is 19.6. The van der Waals surface area contributed by atoms with Crippen LogP contribution in [0.3, 0.4) is 0 Å². The molecule has 9 nitrogen and oxygen atoms in total. The summed E-state index contributed by atoms with van der Waals surface area (Å²) in [5.41, 5.74) is 1.13. The summed E-state index contributed by atoms with van der Waals surface area (Å²) in [5, 5.41) is 3.30. The standard InChI is InChI=1S/C21H17F2N5O4S2/c1-10-14-8-17(33-20(14)27-21(25-10)26-11(2)29)12-6-16(19(32-3)24-9-12)28-34(30,31)18-5-4-13(22)7-15(18)23/h4-9,28H,1-3H3,(H,25,26,27,29). The molecular formula is C21H17F2N5O4S2. The zero-order valence-electron chi connectivity index (χ0n) is 18.0. The third-order valence-electron chi connectivity index (χ3n) is 4.63. The first-order chi connectivity index (χ1) is 16.1. The first-order valence-corrected chi connectivity index (χ1v) is 12.0. The van der Waals surface area contributed by atoms with Crippen LogP contribution in [0, 0.1) is 18.6 Å². The number of rotatable bonds is 6. The number of amides is 1. The maximum absolute atomic E-state index is 14.1. The monoisotopic (exact) mass is 505 g/mol. The molecule has 4 rings (SSSR count). The van der Waals surface area contributed by atoms with E-state index in [9.17, 15) is 22.0 Å². The van der Waals surface area contributed by atoms with Gasteiger partial charge in [-0.3, -0.25) is 14.8 Å². The molecule has 2 N–H and O–H groups in total. The lowest BCUT2D eigenvalue weighted by atomic mass is 10.2. The summed E-state index contributed by atoms with van der Waals surface area (Å²) in [5.74, 6) is -2.30. The van der Waals surface area contributed by atoms with Crippen LogP contribution in [-0.2, 0) is 14.8 Å². The van der Waals surface area contributed by atoms with E-state index >= 15 is 0 Å². The van der Waals surface area contributed by atoms with E-state index in [1.54, 1.807) is 6.92 Å². The zero-order chi connectivity index (χ0) is 24.6. The molecule has 1 amide bonds. The van der Waals surface area contributed by atoms with Gasteiger partial charge in [0.15, 0.2) is 0 Å². The van der Waals surface area contributed by atoms with Crippen molar-refractivity contribution in [2.45, 2.75) is 18.7 Å². The predicted molar refractivity (Wildman–Crippen MR) is 123 cm³/mol. The van der Waals surface area contributed by atoms with Gasteiger partial charge in [-0.15, -0.1) is 11.3 Å². The SMILES string of the molecule is COc1ncc(-c2cc3c(C)nc(NC(C)=O)nc3s2)cc1NS(=O)(=O)c1ccc(F)cc1F. The number of anilines is 2. The number of aromatic nitrogens is 3. The second kappa shape index (κ2) is 8.91. The highest BCUT2D eigenvalue weighted by Gasteiger charge is 2.22. The maximum Gasteiger partial charge on any atom is 0.264 e. The summed E-state index contributed by atoms with van der Waals surface area (Å²) in [6.07, 6.45) is 1.48. The highest BCUT2D eigenvalue weighted by molar-refractivity contribution is 7.92. The van der Waals surface area contributed by atoms with Gasteiger partial charge in [-0.05, 0) is 31.2 Å². The normalized spacial score (nSPS) is 11.4. The number of aryl methyl sites for hydroxylation is 1. The van der Waals surface area contributed by atoms with E-state index in [2.05, 4.69) is 25.0 Å². The van der Waals surface area contributed by atoms with Gasteiger partial charge in [0.2, 0.25) is 17.7 Å². The van der Waals surface area contributed by atoms with Crippen molar-refractivity contribution in [3.8, 4) is 16.3 Å². The van der Waals surface area contributed by atoms with Gasteiger partial charge in [0, 0.05) is 35.0 Å². The lowest BCUT2D eigenvalue weighted by Gasteiger charge is -2.12. The second-order valence-corrected chi connectivity index (χ2v) is 9.79. The summed E-state index contributed by atoms with van der Waals surface area (Å²) in [6.45, 7) is 3.13. The van der Waals surface area contributed by atoms with Gasteiger partial charge >= 0.3 is 0 Å². The number of hydrogen-bond acceptors (Lipinski definition) is 8. The lowest BCUT2D eigenvalue weighted by Crippen LogP contribution is -2.15. The summed E-state index contributed by atoms with van der Waals surface area (Å²) < 4.78 is 60.2. The van der Waals surface area contributed by atoms with Gasteiger partial charge in [0.1, 0.15) is 27.0 Å². The third-order valence-corrected chi connectivity index (χ3v) is 7.10. The van der Waals surface area contributed by atoms with E-state index in [-0.39, 0.29) is 23.4 Å². The number of halogens is 2. The van der Waals surface area contributed by atoms with Crippen molar-refractivity contribution in [3.63, 3.8) is 0 Å². The van der Waals surface area contributed by atoms with E-state index in [1.807, 2.05) is 6.07 Å². The molecule has 0 unspecified atom stereocenters. The second-order valence-electron chi connectivity index (χ2n) is 7.10. The molecule has 0 bridgehead atoms. The predicted octanol–water partition coefficient (Wildman–Crippen LogP) is 4.11. The van der Waals surface area contributed by atoms with Crippen LogP contribution in [0.2, 0.25) is 0 Å². The number of benzene rings is 1. The average Bonchev–Trinajstić information content (AvgIpc) is 3.17. The van der Waals surface area contributed by atoms with Gasteiger partial charge in [-0.1, -0.05) is 0 Å². The molecule has 1 aromatic carbocycles. The molecule has 0 aliphatic carbocycles. The van der Waals surface area contributed by atoms with Crippen molar-refractivity contribution in [1.29, 1.82) is 0 Å². The Morgan fingerprint density at radius 2 is 1.91 bits per heavy atom. The summed E-state index contributed by atoms with van der Waals surface area (Å²) >= 11 is 1.28. The van der Waals surface area contributed by atoms with Crippen LogP contribution in [0.5, 0.6) is 5.88 Å². The molecule has 0 spiro atoms. The van der Waals surface area contributed by atoms with Gasteiger partial charge < -0.3 is 4.74 Å². The number of methoxy groups -OCH3 is 1. The quantitative estimate of drug-likeness (QED) is 0.404. The minimum Gasteiger partial charge on any atom is -0.480 e. The number of fused-ring (bicyclic) bond motifs is 1. The van der Waals surface area contributed by atoms with E-state index in [4.69, 9.17) is 4.74 Å². The Morgan fingerprint density at radius 3 is 2.59 bits per heavy atom. The highest BCUT2D eigenvalue weighted by Crippen LogP contribution is 2.37. The topological polar surface area (TPSA) is 123 Å². The summed E-state index contributed by atoms with van der Waals surface area (Å²) in [7, 11) is -3.11. The molecular weight excluding hydrogens is 488 g/mol. The maximum atomic E-state index is 14.1. The average molecular weight is 506 g/mol. The van der Waals surface area contributed by atoms with Crippen LogP contribution in [0.15, 0.2) is 41.4 Å². The van der Waals surface area contributed by atoms with E-state index in [0.717, 1.165) is 17.5 Å². The fourth-order valence-corrected chi connectivity index (χ4v) is 5.31. The number of thiophene rings is 1. The summed E-state index contributed by atoms with van der Waals surface area (Å²) in [6, 6.07) is 5.45. The first kappa shape index (κ1) is 23.4. The van der Waals surface area contributed by atoms with E-state index < -0.39 is 26.6 Å². The third kappa shape index (κ3) is 4.65. The van der Waals surface area contributed by atoms with Crippen molar-refractivity contribution in [2.24, 2.45) is 0 Å². The molecule has 0 saturated heterocycles. The van der Waals surface area contributed by atoms with Crippen molar-refractivity contribution in [2.75, 3.05) is 17.1 Å². The molecule has 0 fully saturated rings. The molecule has 13 heteroatoms. The largest absolute Gasteiger partial charge is 0.480 e. The molecule has 0 saturated carbocycles. The molecule has 0 radical (unpaired) electrons. The van der Waals surface area contributed by atoms with Crippen LogP contribution in [0.4, 0.5) is 20.4 Å². The Kier molecular flexibility index (Phi) is 6.15. The Bertz CT molecular complexity index is 1540. The molecule has 3 heterocycles. The molecule has 0 aliphatic rings. The fraction of sp³-hybridized carbons (Fsp3) is 0.143. The van der Waals surface area contributed by atoms with Gasteiger partial charge in [0.25, 0.3) is 10.0 Å². The Morgan fingerprint density at radius 1 is 1.15 bits per heavy atom. The van der Waals surface area contributed by atoms with Crippen LogP contribution < -0.4 is 14.8 Å². The molecule has 4 aromatic rings. The number of carbonyl (C=O) groups excluding carboxylic acids is 1. The molecule has 0 atom stereocenters. The Labute approximate surface area is 196 Å². The minimum atomic E-state index is -4.41. The van der Waals surface area contributed by atoms with Gasteiger partial charge in [-0.25, -0.2) is 32.2 Å². The smallest absolute Gasteiger partial charge is 0.264 e. The van der Waals surface area contributed by atoms with Gasteiger partial charge in [0.05, 0.1) is 12.8 Å². The molecule has 0 aliphatic heterocycles. The van der Waals surface area contributed by atoms with Crippen LogP contribution in [0.25, 0.3) is 20.7 Å². The number of sulfonamides is 1. The number of nitrogens with one attached hydrogen (secondary N) is 2. The van der Waals surface area contributed by atoms with Crippen LogP contribution in [0.1, 0.15) is 12.6 Å². The number of nitrogens with zero attached hydrogens (tertiary/aromatic N) is 3. The fourth-order valence-electron chi connectivity index (χ4n) is 3.14. The number of ether oxygens (including phenoxy) is 1. The van der Waals surface area contributed by atoms with Crippen LogP contribution in [-0.4, -0.2) is 36.4 Å². The van der Waals surface area contributed by atoms with Crippen molar-refractivity contribution in [3.05, 3.63) is 53.9 Å². The van der Waals surface area contributed by atoms with E-state index in [0.29, 0.717) is 27.0 Å². The molecule has 176 valence electrons. The summed E-state index contributed by atoms with van der Waals surface area (Å²) in [4.78, 5) is 24.7. The number of pyridine rings is 1. The molecule has 3 aromatic heterocycles. The van der Waals surface area contributed by atoms with Gasteiger partial charge in [-0.2, -0.15) is 0 Å². The Balaban J connectivity index is 1.75. The van der Waals surface area contributed by atoms with E-state index in [1.165, 1.54) is 37.6 Å². The highest BCUT2D eigenvalue weighted by atomic mass is 32.2. The van der Waals surface area contributed by atoms with Crippen molar-refractivity contribution < 1.29 is 26.7 Å². The van der Waals surface area contributed by atoms with Crippen molar-refractivity contribution >= 4 is 49.1 Å². The minimum absolute atomic E-state index is 0.0390. The van der Waals surface area contributed by atoms with Crippen molar-refractivity contribution in [1.82, 2.24) is 15.0 Å². The number of carbonyl (C=O) groups is 1. The van der Waals surface area contributed by atoms with Crippen LogP contribution >= 0.6 is 11.3 Å². The Hall–Kier alpha value is -3.71. The number of hydrogen-bond donors (Lipinski definition) is 2. The molecule has 34 heavy (non-hydrogen) atoms. The lowest BCUT2D eigenvalue weighted by molar-refractivity contribution is -0.114. The first-order valence-electron chi connectivity index (χ1n) is 9.65.